The summed E-state index contributed by atoms with van der Waals surface area (Å²) >= 11 is 0. The number of aryl methyl sites for hydroxylation is 4. The molecule has 104 heavy (non-hydrogen) atoms. The van der Waals surface area contributed by atoms with E-state index in [0.29, 0.717) is 36.5 Å². The van der Waals surface area contributed by atoms with E-state index in [-0.39, 0.29) is 89.2 Å². The van der Waals surface area contributed by atoms with Crippen molar-refractivity contribution in [3.05, 3.63) is 312 Å². The van der Waals surface area contributed by atoms with Gasteiger partial charge >= 0.3 is 0 Å². The third kappa shape index (κ3) is 29.4. The Bertz CT molecular complexity index is 4660. The van der Waals surface area contributed by atoms with Crippen LogP contribution in [0.15, 0.2) is 248 Å². The van der Waals surface area contributed by atoms with Crippen molar-refractivity contribution in [1.82, 2.24) is 19.9 Å². The molecule has 0 spiro atoms. The summed E-state index contributed by atoms with van der Waals surface area (Å²) in [6.07, 6.45) is 9.34. The van der Waals surface area contributed by atoms with Crippen molar-refractivity contribution in [2.45, 2.75) is 123 Å². The molecule has 0 saturated heterocycles. The monoisotopic (exact) mass is 1920 g/mol. The van der Waals surface area contributed by atoms with Crippen LogP contribution in [0.2, 0.25) is 0 Å². The maximum Gasteiger partial charge on any atom is 0.159 e. The second kappa shape index (κ2) is 44.7. The Balaban J connectivity index is 0.000000274. The summed E-state index contributed by atoms with van der Waals surface area (Å²) in [5.41, 5.74) is 22.1. The first-order valence-electron chi connectivity index (χ1n) is 34.6. The van der Waals surface area contributed by atoms with Gasteiger partial charge in [0.15, 0.2) is 11.6 Å². The summed E-state index contributed by atoms with van der Waals surface area (Å²) in [4.78, 5) is 39.7. The molecule has 12 heteroatoms. The van der Waals surface area contributed by atoms with Crippen molar-refractivity contribution in [2.75, 3.05) is 0 Å². The number of nitrogens with zero attached hydrogens (tertiary/aromatic N) is 4. The van der Waals surface area contributed by atoms with Gasteiger partial charge in [0.05, 0.1) is 22.6 Å². The fourth-order valence-corrected chi connectivity index (χ4v) is 11.3. The van der Waals surface area contributed by atoms with E-state index < -0.39 is 0 Å². The van der Waals surface area contributed by atoms with Gasteiger partial charge in [-0.05, 0) is 157 Å². The van der Waals surface area contributed by atoms with Crippen molar-refractivity contribution >= 4 is 33.4 Å². The number of pyridine rings is 4. The number of benzene rings is 8. The maximum absolute atomic E-state index is 13.5. The van der Waals surface area contributed by atoms with Crippen LogP contribution in [0.5, 0.6) is 0 Å². The van der Waals surface area contributed by atoms with E-state index in [2.05, 4.69) is 192 Å². The third-order valence-corrected chi connectivity index (χ3v) is 15.6. The van der Waals surface area contributed by atoms with Crippen molar-refractivity contribution < 1.29 is 84.5 Å². The summed E-state index contributed by atoms with van der Waals surface area (Å²) in [5, 5.41) is 19.9. The molecule has 0 aliphatic rings. The van der Waals surface area contributed by atoms with Crippen molar-refractivity contribution in [1.29, 1.82) is 0 Å². The zero-order valence-electron chi connectivity index (χ0n) is 62.0. The van der Waals surface area contributed by atoms with Gasteiger partial charge < -0.3 is 20.2 Å². The summed E-state index contributed by atoms with van der Waals surface area (Å²) in [6, 6.07) is 83.8. The fraction of sp³-hybridized carbons (Fsp3) is 0.239. The molecular formula is C92H95FIr3N4O4-4. The molecule has 4 aromatic heterocycles. The van der Waals surface area contributed by atoms with Gasteiger partial charge in [-0.15, -0.1) is 143 Å². The zero-order chi connectivity index (χ0) is 73.0. The average Bonchev–Trinajstić information content (AvgIpc) is 0.791. The normalized spacial score (nSPS) is 10.8. The molecule has 8 nitrogen and oxygen atoms in total. The number of hydrogen-bond acceptors (Lipinski definition) is 8. The maximum atomic E-state index is 13.5. The van der Waals surface area contributed by atoms with Gasteiger partial charge in [-0.1, -0.05) is 166 Å². The third-order valence-electron chi connectivity index (χ3n) is 15.6. The van der Waals surface area contributed by atoms with E-state index in [9.17, 15) is 19.1 Å². The Hall–Kier alpha value is -8.82. The fourth-order valence-electron chi connectivity index (χ4n) is 11.3. The Labute approximate surface area is 658 Å². The standard InChI is InChI=1S/C27H26N.C19H17FN.C18H14N.C12H10N.C11H20O2.C5H8O2.3Ir/c1-18(2)12-23-17-27(24-14-19(3)13-20(4)15-24)28-26-11-10-22(16-25(23)26)21-8-6-5-7-9-21;1-13(2)10-15-11-19(14-6-4-3-5-7-14)21-18-9-8-16(20)12-17(15)18;1-14-12-18(16-10-6-3-7-11-16)19-13-17(14)15-8-4-2-5-9-15;1-10-7-8-13-12(9-10)11-5-3-2-4-6-11;1-8(2)5-10(12)7-11(13)6-9(3)4;1-4(6)3-5(2)7;;;/h5-11,13-14,16-18H,12H2,1-4H3;3-6,8-9,11-13H,10H2,1-2H3;2-10,12-13H,1H3;2-5,7-9H,1H3;7-9,12H,5-6H2,1-4H3;3,6H,1-2H3;;;/q4*-1;;;;;. The average molecular weight is 1920 g/mol. The first-order chi connectivity index (χ1) is 48.4. The van der Waals surface area contributed by atoms with Crippen LogP contribution in [0, 0.1) is 81.4 Å². The van der Waals surface area contributed by atoms with Crippen LogP contribution in [0.25, 0.3) is 89.1 Å². The molecule has 0 amide bonds. The van der Waals surface area contributed by atoms with Gasteiger partial charge in [-0.2, -0.15) is 0 Å². The van der Waals surface area contributed by atoms with Gasteiger partial charge in [0.1, 0.15) is 5.82 Å². The number of rotatable bonds is 16. The number of ketones is 2. The Morgan fingerprint density at radius 3 is 1.41 bits per heavy atom. The quantitative estimate of drug-likeness (QED) is 0.0557. The summed E-state index contributed by atoms with van der Waals surface area (Å²) in [5.74, 6) is 1.79. The number of carbonyl (C=O) groups excluding carboxylic acids is 2. The Morgan fingerprint density at radius 1 is 0.462 bits per heavy atom. The predicted molar refractivity (Wildman–Crippen MR) is 418 cm³/mol. The number of carbonyl (C=O) groups is 2. The van der Waals surface area contributed by atoms with Crippen LogP contribution in [0.1, 0.15) is 115 Å². The SMILES string of the molecule is CC(=O)C=C(C)O.CC(C)CC(=O)C=C(O)CC(C)C.CC(C)Cc1cc(-c2[c-]cccc2)nc2ccc(F)cc12.Cc1[c-]c(-c2cc(CC(C)C)c3cc(-c4ccccc4)ccc3n2)cc(C)c1.Cc1cc(-c2[c-]cccc2)ncc1-c1ccccc1.Cc1ccnc(-c2[c-]cccc2)c1.[Ir].[Ir].[Ir]. The molecule has 2 N–H and O–H groups in total. The van der Waals surface area contributed by atoms with Gasteiger partial charge in [0.25, 0.3) is 0 Å². The van der Waals surface area contributed by atoms with Crippen LogP contribution in [0.3, 0.4) is 0 Å². The van der Waals surface area contributed by atoms with Crippen molar-refractivity contribution in [2.24, 2.45) is 23.7 Å². The summed E-state index contributed by atoms with van der Waals surface area (Å²) in [7, 11) is 0. The van der Waals surface area contributed by atoms with E-state index in [1.165, 1.54) is 82.0 Å². The van der Waals surface area contributed by atoms with Crippen molar-refractivity contribution in [3.8, 4) is 67.3 Å². The van der Waals surface area contributed by atoms with E-state index in [1.807, 2.05) is 137 Å². The van der Waals surface area contributed by atoms with Crippen LogP contribution in [-0.2, 0) is 82.7 Å². The topological polar surface area (TPSA) is 126 Å². The minimum Gasteiger partial charge on any atom is -0.512 e. The number of aliphatic hydroxyl groups is 2. The van der Waals surface area contributed by atoms with Crippen LogP contribution >= 0.6 is 0 Å². The zero-order valence-corrected chi connectivity index (χ0v) is 69.2. The molecular weight excluding hydrogens is 1820 g/mol. The Kier molecular flexibility index (Phi) is 37.7. The molecule has 0 fully saturated rings. The molecule has 4 heterocycles. The molecule has 8 aromatic carbocycles. The minimum atomic E-state index is -0.215. The molecule has 0 atom stereocenters. The van der Waals surface area contributed by atoms with Crippen LogP contribution < -0.4 is 0 Å². The number of aliphatic hydroxyl groups excluding tert-OH is 2. The number of allylic oxidation sites excluding steroid dienone is 4. The molecule has 0 saturated carbocycles. The van der Waals surface area contributed by atoms with E-state index in [4.69, 9.17) is 10.1 Å². The van der Waals surface area contributed by atoms with Gasteiger partial charge in [-0.25, -0.2) is 4.39 Å². The minimum absolute atomic E-state index is 0. The number of aromatic nitrogens is 4. The summed E-state index contributed by atoms with van der Waals surface area (Å²) < 4.78 is 13.5. The van der Waals surface area contributed by atoms with E-state index in [0.717, 1.165) is 85.4 Å². The molecule has 12 rings (SSSR count). The van der Waals surface area contributed by atoms with Crippen LogP contribution in [-0.4, -0.2) is 41.7 Å². The molecule has 0 unspecified atom stereocenters. The second-order valence-electron chi connectivity index (χ2n) is 27.0. The molecule has 545 valence electrons. The molecule has 12 aromatic rings. The van der Waals surface area contributed by atoms with Crippen molar-refractivity contribution in [3.63, 3.8) is 0 Å². The molecule has 0 aliphatic heterocycles. The van der Waals surface area contributed by atoms with Crippen LogP contribution in [0.4, 0.5) is 4.39 Å². The Morgan fingerprint density at radius 2 is 0.952 bits per heavy atom. The first kappa shape index (κ1) is 87.6. The molecule has 0 bridgehead atoms. The van der Waals surface area contributed by atoms with Gasteiger partial charge in [0, 0.05) is 114 Å². The molecule has 3 radical (unpaired) electrons. The number of hydrogen-bond donors (Lipinski definition) is 2. The first-order valence-corrected chi connectivity index (χ1v) is 34.6. The number of halogens is 1. The number of fused-ring (bicyclic) bond motifs is 2. The van der Waals surface area contributed by atoms with E-state index in [1.54, 1.807) is 12.1 Å². The van der Waals surface area contributed by atoms with E-state index >= 15 is 0 Å². The van der Waals surface area contributed by atoms with Gasteiger partial charge in [0.2, 0.25) is 0 Å². The second-order valence-corrected chi connectivity index (χ2v) is 27.0. The molecule has 0 aliphatic carbocycles. The largest absolute Gasteiger partial charge is 0.512 e. The predicted octanol–water partition coefficient (Wildman–Crippen LogP) is 23.7. The smallest absolute Gasteiger partial charge is 0.159 e. The van der Waals surface area contributed by atoms with Gasteiger partial charge in [-0.3, -0.25) is 19.6 Å². The summed E-state index contributed by atoms with van der Waals surface area (Å²) in [6.45, 7) is 28.1.